The number of alkyl halides is 2. The molecule has 1 aliphatic rings. The van der Waals surface area contributed by atoms with Crippen molar-refractivity contribution in [3.05, 3.63) is 21.9 Å². The highest BCUT2D eigenvalue weighted by molar-refractivity contribution is 7.10. The minimum absolute atomic E-state index is 0.187. The highest BCUT2D eigenvalue weighted by Gasteiger charge is 2.18. The molecule has 1 saturated heterocycles. The first-order chi connectivity index (χ1) is 6.77. The fourth-order valence-electron chi connectivity index (χ4n) is 1.80. The lowest BCUT2D eigenvalue weighted by Crippen LogP contribution is -2.26. The summed E-state index contributed by atoms with van der Waals surface area (Å²) in [4.78, 5) is 0.187. The van der Waals surface area contributed by atoms with E-state index in [0.29, 0.717) is 6.04 Å². The van der Waals surface area contributed by atoms with Crippen molar-refractivity contribution in [1.29, 1.82) is 0 Å². The van der Waals surface area contributed by atoms with Gasteiger partial charge in [-0.05, 0) is 36.4 Å². The molecule has 1 N–H and O–H groups in total. The smallest absolute Gasteiger partial charge is 0.272 e. The molecule has 0 bridgehead atoms. The maximum absolute atomic E-state index is 12.3. The molecule has 0 aliphatic carbocycles. The van der Waals surface area contributed by atoms with E-state index in [0.717, 1.165) is 29.9 Å². The van der Waals surface area contributed by atoms with Crippen LogP contribution < -0.4 is 5.32 Å². The molecule has 1 aromatic heterocycles. The zero-order chi connectivity index (χ0) is 9.97. The van der Waals surface area contributed by atoms with Crippen LogP contribution in [0.3, 0.4) is 0 Å². The molecule has 1 nitrogen and oxygen atoms in total. The van der Waals surface area contributed by atoms with Gasteiger partial charge in [0.1, 0.15) is 0 Å². The van der Waals surface area contributed by atoms with Gasteiger partial charge in [0.05, 0.1) is 4.88 Å². The first-order valence-electron chi connectivity index (χ1n) is 4.87. The van der Waals surface area contributed by atoms with Crippen LogP contribution in [0, 0.1) is 0 Å². The van der Waals surface area contributed by atoms with E-state index in [-0.39, 0.29) is 4.88 Å². The number of hydrogen-bond donors (Lipinski definition) is 1. The molecule has 78 valence electrons. The molecular formula is C10H13F2NS. The second-order valence-corrected chi connectivity index (χ2v) is 4.53. The Bertz CT molecular complexity index is 292. The van der Waals surface area contributed by atoms with Crippen LogP contribution in [0.5, 0.6) is 0 Å². The number of rotatable bonds is 2. The van der Waals surface area contributed by atoms with Gasteiger partial charge in [-0.25, -0.2) is 8.78 Å². The zero-order valence-electron chi connectivity index (χ0n) is 7.80. The van der Waals surface area contributed by atoms with Gasteiger partial charge in [-0.1, -0.05) is 6.42 Å². The molecular weight excluding hydrogens is 204 g/mol. The van der Waals surface area contributed by atoms with Gasteiger partial charge in [0.2, 0.25) is 0 Å². The van der Waals surface area contributed by atoms with Crippen molar-refractivity contribution in [2.75, 3.05) is 6.54 Å². The summed E-state index contributed by atoms with van der Waals surface area (Å²) in [6, 6.07) is 1.94. The third-order valence-electron chi connectivity index (χ3n) is 2.57. The standard InChI is InChI=1S/C10H13F2NS/c11-10(12)9-5-7(6-14-9)8-3-1-2-4-13-8/h5-6,8,10,13H,1-4H2/t8-/m0/s1. The molecule has 1 aromatic rings. The predicted octanol–water partition coefficient (Wildman–Crippen LogP) is 3.50. The van der Waals surface area contributed by atoms with E-state index in [4.69, 9.17) is 0 Å². The number of thiophene rings is 1. The average molecular weight is 217 g/mol. The molecule has 0 radical (unpaired) electrons. The molecule has 0 saturated carbocycles. The molecule has 2 rings (SSSR count). The molecule has 1 atom stereocenters. The second kappa shape index (κ2) is 4.36. The van der Waals surface area contributed by atoms with Crippen LogP contribution in [0.1, 0.15) is 42.2 Å². The third kappa shape index (κ3) is 2.12. The number of piperidine rings is 1. The van der Waals surface area contributed by atoms with E-state index >= 15 is 0 Å². The highest BCUT2D eigenvalue weighted by atomic mass is 32.1. The van der Waals surface area contributed by atoms with Crippen LogP contribution in [-0.4, -0.2) is 6.54 Å². The van der Waals surface area contributed by atoms with Crippen LogP contribution in [0.15, 0.2) is 11.4 Å². The molecule has 0 spiro atoms. The average Bonchev–Trinajstić information content (AvgIpc) is 2.68. The van der Waals surface area contributed by atoms with E-state index in [1.54, 1.807) is 6.07 Å². The normalized spacial score (nSPS) is 22.9. The van der Waals surface area contributed by atoms with Crippen LogP contribution >= 0.6 is 11.3 Å². The minimum atomic E-state index is -2.32. The fraction of sp³-hybridized carbons (Fsp3) is 0.600. The summed E-state index contributed by atoms with van der Waals surface area (Å²) in [5, 5.41) is 5.20. The van der Waals surface area contributed by atoms with Gasteiger partial charge in [-0.3, -0.25) is 0 Å². The van der Waals surface area contributed by atoms with Crippen molar-refractivity contribution in [3.63, 3.8) is 0 Å². The van der Waals surface area contributed by atoms with Gasteiger partial charge < -0.3 is 5.32 Å². The topological polar surface area (TPSA) is 12.0 Å². The summed E-state index contributed by atoms with van der Waals surface area (Å²) in [6.45, 7) is 1.00. The summed E-state index contributed by atoms with van der Waals surface area (Å²) in [5.41, 5.74) is 1.03. The van der Waals surface area contributed by atoms with E-state index in [2.05, 4.69) is 5.32 Å². The summed E-state index contributed by atoms with van der Waals surface area (Å²) in [6.07, 6.45) is 1.14. The molecule has 14 heavy (non-hydrogen) atoms. The lowest BCUT2D eigenvalue weighted by atomic mass is 10.00. The summed E-state index contributed by atoms with van der Waals surface area (Å²) in [7, 11) is 0. The van der Waals surface area contributed by atoms with Crippen molar-refractivity contribution in [2.24, 2.45) is 0 Å². The minimum Gasteiger partial charge on any atom is -0.310 e. The molecule has 0 aromatic carbocycles. The SMILES string of the molecule is FC(F)c1cc([C@@H]2CCCCN2)cs1. The molecule has 0 unspecified atom stereocenters. The van der Waals surface area contributed by atoms with Crippen LogP contribution in [0.2, 0.25) is 0 Å². The lowest BCUT2D eigenvalue weighted by molar-refractivity contribution is 0.155. The maximum atomic E-state index is 12.3. The molecule has 2 heterocycles. The van der Waals surface area contributed by atoms with Crippen molar-refractivity contribution in [1.82, 2.24) is 5.32 Å². The monoisotopic (exact) mass is 217 g/mol. The van der Waals surface area contributed by atoms with Crippen molar-refractivity contribution in [3.8, 4) is 0 Å². The number of hydrogen-bond acceptors (Lipinski definition) is 2. The first kappa shape index (κ1) is 10.1. The van der Waals surface area contributed by atoms with Crippen molar-refractivity contribution < 1.29 is 8.78 Å². The molecule has 0 amide bonds. The summed E-state index contributed by atoms with van der Waals surface area (Å²) in [5.74, 6) is 0. The fourth-order valence-corrected chi connectivity index (χ4v) is 2.61. The Morgan fingerprint density at radius 1 is 1.43 bits per heavy atom. The zero-order valence-corrected chi connectivity index (χ0v) is 8.62. The quantitative estimate of drug-likeness (QED) is 0.799. The van der Waals surface area contributed by atoms with Crippen LogP contribution in [0.4, 0.5) is 8.78 Å². The Labute approximate surface area is 86.1 Å². The Morgan fingerprint density at radius 3 is 2.86 bits per heavy atom. The molecule has 4 heteroatoms. The van der Waals surface area contributed by atoms with Crippen molar-refractivity contribution in [2.45, 2.75) is 31.7 Å². The summed E-state index contributed by atoms with van der Waals surface area (Å²) < 4.78 is 24.7. The van der Waals surface area contributed by atoms with E-state index in [9.17, 15) is 8.78 Å². The largest absolute Gasteiger partial charge is 0.310 e. The van der Waals surface area contributed by atoms with Gasteiger partial charge in [0.15, 0.2) is 0 Å². The van der Waals surface area contributed by atoms with E-state index in [1.165, 1.54) is 12.8 Å². The maximum Gasteiger partial charge on any atom is 0.272 e. The van der Waals surface area contributed by atoms with Gasteiger partial charge in [-0.15, -0.1) is 11.3 Å². The Morgan fingerprint density at radius 2 is 2.29 bits per heavy atom. The molecule has 1 aliphatic heterocycles. The summed E-state index contributed by atoms with van der Waals surface area (Å²) >= 11 is 1.16. The van der Waals surface area contributed by atoms with Crippen LogP contribution in [0.25, 0.3) is 0 Å². The predicted molar refractivity (Wildman–Crippen MR) is 53.9 cm³/mol. The van der Waals surface area contributed by atoms with Gasteiger partial charge in [0, 0.05) is 6.04 Å². The number of nitrogens with one attached hydrogen (secondary N) is 1. The molecule has 1 fully saturated rings. The first-order valence-corrected chi connectivity index (χ1v) is 5.75. The highest BCUT2D eigenvalue weighted by Crippen LogP contribution is 2.31. The number of halogens is 2. The van der Waals surface area contributed by atoms with Gasteiger partial charge in [0.25, 0.3) is 6.43 Å². The van der Waals surface area contributed by atoms with E-state index in [1.807, 2.05) is 5.38 Å². The Hall–Kier alpha value is -0.480. The Balaban J connectivity index is 2.07. The lowest BCUT2D eigenvalue weighted by Gasteiger charge is -2.22. The second-order valence-electron chi connectivity index (χ2n) is 3.59. The van der Waals surface area contributed by atoms with E-state index < -0.39 is 6.43 Å². The van der Waals surface area contributed by atoms with Gasteiger partial charge in [-0.2, -0.15) is 0 Å². The third-order valence-corrected chi connectivity index (χ3v) is 3.53. The van der Waals surface area contributed by atoms with Crippen LogP contribution in [-0.2, 0) is 0 Å². The van der Waals surface area contributed by atoms with Gasteiger partial charge >= 0.3 is 0 Å². The Kier molecular flexibility index (Phi) is 3.13. The van der Waals surface area contributed by atoms with Crippen molar-refractivity contribution >= 4 is 11.3 Å².